The number of anilines is 1. The fourth-order valence-electron chi connectivity index (χ4n) is 2.83. The van der Waals surface area contributed by atoms with Crippen molar-refractivity contribution in [2.24, 2.45) is 0 Å². The molecule has 6 nitrogen and oxygen atoms in total. The summed E-state index contributed by atoms with van der Waals surface area (Å²) in [5, 5.41) is 10.6. The molecule has 1 aliphatic heterocycles. The van der Waals surface area contributed by atoms with E-state index < -0.39 is 0 Å². The van der Waals surface area contributed by atoms with Crippen LogP contribution < -0.4 is 10.2 Å². The van der Waals surface area contributed by atoms with Crippen LogP contribution in [0.5, 0.6) is 0 Å². The second-order valence-corrected chi connectivity index (χ2v) is 6.95. The molecule has 0 atom stereocenters. The lowest BCUT2D eigenvalue weighted by Crippen LogP contribution is -2.45. The largest absolute Gasteiger partial charge is 0.371 e. The van der Waals surface area contributed by atoms with Gasteiger partial charge in [-0.1, -0.05) is 18.7 Å². The molecular weight excluding hydrogens is 341 g/mol. The Hall–Kier alpha value is -2.09. The van der Waals surface area contributed by atoms with Crippen LogP contribution in [0.3, 0.4) is 0 Å². The molecule has 8 heteroatoms. The number of H-pyrrole nitrogens is 1. The maximum Gasteiger partial charge on any atom is 0.230 e. The molecule has 3 rings (SSSR count). The molecule has 2 heterocycles. The number of halogens is 1. The Kier molecular flexibility index (Phi) is 5.91. The van der Waals surface area contributed by atoms with Gasteiger partial charge in [0.1, 0.15) is 11.6 Å². The molecule has 1 aromatic heterocycles. The van der Waals surface area contributed by atoms with Gasteiger partial charge in [0.05, 0.1) is 5.75 Å². The van der Waals surface area contributed by atoms with Gasteiger partial charge in [-0.25, -0.2) is 9.37 Å². The second kappa shape index (κ2) is 8.33. The Bertz CT molecular complexity index is 697. The van der Waals surface area contributed by atoms with Gasteiger partial charge in [-0.3, -0.25) is 9.89 Å². The first-order valence-electron chi connectivity index (χ1n) is 8.48. The molecule has 1 aliphatic rings. The maximum atomic E-state index is 13.0. The van der Waals surface area contributed by atoms with Crippen LogP contribution in [0.1, 0.15) is 25.6 Å². The summed E-state index contributed by atoms with van der Waals surface area (Å²) in [5.41, 5.74) is 1.03. The summed E-state index contributed by atoms with van der Waals surface area (Å²) >= 11 is 1.34. The lowest BCUT2D eigenvalue weighted by Gasteiger charge is -2.34. The van der Waals surface area contributed by atoms with Crippen molar-refractivity contribution in [3.05, 3.63) is 35.9 Å². The third kappa shape index (κ3) is 4.94. The number of aryl methyl sites for hydroxylation is 1. The molecule has 0 unspecified atom stereocenters. The van der Waals surface area contributed by atoms with E-state index in [-0.39, 0.29) is 17.8 Å². The third-order valence-corrected chi connectivity index (χ3v) is 5.08. The highest BCUT2D eigenvalue weighted by Crippen LogP contribution is 2.20. The summed E-state index contributed by atoms with van der Waals surface area (Å²) in [6.45, 7) is 3.70. The van der Waals surface area contributed by atoms with Gasteiger partial charge in [-0.05, 0) is 37.1 Å². The van der Waals surface area contributed by atoms with Gasteiger partial charge in [0, 0.05) is 31.2 Å². The lowest BCUT2D eigenvalue weighted by atomic mass is 10.0. The number of hydrogen-bond acceptors (Lipinski definition) is 5. The molecule has 2 N–H and O–H groups in total. The van der Waals surface area contributed by atoms with Crippen molar-refractivity contribution in [1.29, 1.82) is 0 Å². The zero-order valence-electron chi connectivity index (χ0n) is 14.2. The van der Waals surface area contributed by atoms with Gasteiger partial charge < -0.3 is 10.2 Å². The van der Waals surface area contributed by atoms with Crippen LogP contribution in [0.2, 0.25) is 0 Å². The molecule has 2 aromatic rings. The van der Waals surface area contributed by atoms with Crippen molar-refractivity contribution in [1.82, 2.24) is 20.5 Å². The highest BCUT2D eigenvalue weighted by molar-refractivity contribution is 7.99. The Morgan fingerprint density at radius 1 is 1.36 bits per heavy atom. The highest BCUT2D eigenvalue weighted by atomic mass is 32.2. The van der Waals surface area contributed by atoms with E-state index in [1.807, 2.05) is 6.92 Å². The SMILES string of the molecule is CCc1nc(SCC(=O)NC2CCN(c3ccc(F)cc3)CC2)n[nH]1. The summed E-state index contributed by atoms with van der Waals surface area (Å²) < 4.78 is 13.0. The summed E-state index contributed by atoms with van der Waals surface area (Å²) in [4.78, 5) is 18.6. The second-order valence-electron chi connectivity index (χ2n) is 6.01. The number of benzene rings is 1. The fourth-order valence-corrected chi connectivity index (χ4v) is 3.46. The quantitative estimate of drug-likeness (QED) is 0.771. The Balaban J connectivity index is 1.40. The van der Waals surface area contributed by atoms with E-state index in [1.165, 1.54) is 23.9 Å². The van der Waals surface area contributed by atoms with Gasteiger partial charge in [0.25, 0.3) is 0 Å². The zero-order valence-corrected chi connectivity index (χ0v) is 15.0. The highest BCUT2D eigenvalue weighted by Gasteiger charge is 2.21. The number of carbonyl (C=O) groups is 1. The molecule has 1 saturated heterocycles. The van der Waals surface area contributed by atoms with Crippen LogP contribution in [0.15, 0.2) is 29.4 Å². The van der Waals surface area contributed by atoms with Crippen molar-refractivity contribution >= 4 is 23.4 Å². The number of nitrogens with one attached hydrogen (secondary N) is 2. The van der Waals surface area contributed by atoms with Crippen LogP contribution in [0, 0.1) is 5.82 Å². The molecule has 134 valence electrons. The molecular formula is C17H22FN5OS. The normalized spacial score (nSPS) is 15.4. The third-order valence-electron chi connectivity index (χ3n) is 4.23. The van der Waals surface area contributed by atoms with E-state index in [4.69, 9.17) is 0 Å². The van der Waals surface area contributed by atoms with Crippen molar-refractivity contribution in [3.63, 3.8) is 0 Å². The number of carbonyl (C=O) groups excluding carboxylic acids is 1. The molecule has 0 spiro atoms. The van der Waals surface area contributed by atoms with Crippen molar-refractivity contribution in [3.8, 4) is 0 Å². The minimum atomic E-state index is -0.221. The molecule has 0 aliphatic carbocycles. The van der Waals surface area contributed by atoms with Crippen LogP contribution in [0.4, 0.5) is 10.1 Å². The van der Waals surface area contributed by atoms with E-state index in [1.54, 1.807) is 12.1 Å². The molecule has 0 bridgehead atoms. The Morgan fingerprint density at radius 2 is 2.08 bits per heavy atom. The number of thioether (sulfide) groups is 1. The van der Waals surface area contributed by atoms with Crippen LogP contribution in [0.25, 0.3) is 0 Å². The average molecular weight is 363 g/mol. The summed E-state index contributed by atoms with van der Waals surface area (Å²) in [6, 6.07) is 6.74. The van der Waals surface area contributed by atoms with Gasteiger partial charge in [-0.2, -0.15) is 0 Å². The first-order chi connectivity index (χ1) is 12.1. The molecule has 1 fully saturated rings. The first-order valence-corrected chi connectivity index (χ1v) is 9.46. The van der Waals surface area contributed by atoms with E-state index in [9.17, 15) is 9.18 Å². The van der Waals surface area contributed by atoms with Crippen LogP contribution in [-0.2, 0) is 11.2 Å². The molecule has 1 aromatic carbocycles. The Morgan fingerprint density at radius 3 is 2.72 bits per heavy atom. The summed E-state index contributed by atoms with van der Waals surface area (Å²) in [5.74, 6) is 0.934. The number of hydrogen-bond donors (Lipinski definition) is 2. The van der Waals surface area contributed by atoms with Crippen molar-refractivity contribution in [2.45, 2.75) is 37.4 Å². The van der Waals surface area contributed by atoms with E-state index in [0.717, 1.165) is 43.9 Å². The topological polar surface area (TPSA) is 73.9 Å². The molecule has 1 amide bonds. The van der Waals surface area contributed by atoms with Crippen molar-refractivity contribution in [2.75, 3.05) is 23.7 Å². The average Bonchev–Trinajstić information content (AvgIpc) is 3.10. The minimum Gasteiger partial charge on any atom is -0.371 e. The predicted molar refractivity (Wildman–Crippen MR) is 96.3 cm³/mol. The zero-order chi connectivity index (χ0) is 17.6. The number of nitrogens with zero attached hydrogens (tertiary/aromatic N) is 3. The number of piperidine rings is 1. The summed E-state index contributed by atoms with van der Waals surface area (Å²) in [7, 11) is 0. The molecule has 25 heavy (non-hydrogen) atoms. The van der Waals surface area contributed by atoms with Gasteiger partial charge in [0.15, 0.2) is 0 Å². The van der Waals surface area contributed by atoms with Crippen molar-refractivity contribution < 1.29 is 9.18 Å². The van der Waals surface area contributed by atoms with Crippen LogP contribution in [-0.4, -0.2) is 46.0 Å². The number of aromatic nitrogens is 3. The molecule has 0 saturated carbocycles. The van der Waals surface area contributed by atoms with E-state index in [0.29, 0.717) is 10.9 Å². The lowest BCUT2D eigenvalue weighted by molar-refractivity contribution is -0.119. The standard InChI is InChI=1S/C17H22FN5OS/c1-2-15-20-17(22-21-15)25-11-16(24)19-13-7-9-23(10-8-13)14-5-3-12(18)4-6-14/h3-6,13H,2,7-11H2,1H3,(H,19,24)(H,20,21,22). The number of rotatable bonds is 6. The molecule has 0 radical (unpaired) electrons. The van der Waals surface area contributed by atoms with E-state index in [2.05, 4.69) is 25.4 Å². The first kappa shape index (κ1) is 17.7. The van der Waals surface area contributed by atoms with Gasteiger partial charge in [-0.15, -0.1) is 5.10 Å². The van der Waals surface area contributed by atoms with Crippen LogP contribution >= 0.6 is 11.8 Å². The maximum absolute atomic E-state index is 13.0. The van der Waals surface area contributed by atoms with Gasteiger partial charge in [0.2, 0.25) is 11.1 Å². The number of aromatic amines is 1. The fraction of sp³-hybridized carbons (Fsp3) is 0.471. The van der Waals surface area contributed by atoms with E-state index >= 15 is 0 Å². The monoisotopic (exact) mass is 363 g/mol. The Labute approximate surface area is 150 Å². The minimum absolute atomic E-state index is 0.00748. The summed E-state index contributed by atoms with van der Waals surface area (Å²) in [6.07, 6.45) is 2.56. The smallest absolute Gasteiger partial charge is 0.230 e. The van der Waals surface area contributed by atoms with Gasteiger partial charge >= 0.3 is 0 Å². The number of amides is 1. The predicted octanol–water partition coefficient (Wildman–Crippen LogP) is 2.38.